The molecule has 1 aromatic carbocycles. The zero-order valence-electron chi connectivity index (χ0n) is 15.4. The maximum absolute atomic E-state index is 13.1. The Kier molecular flexibility index (Phi) is 3.51. The van der Waals surface area contributed by atoms with Crippen molar-refractivity contribution in [3.63, 3.8) is 0 Å². The molecule has 3 nitrogen and oxygen atoms in total. The van der Waals surface area contributed by atoms with Gasteiger partial charge in [0.1, 0.15) is 6.10 Å². The van der Waals surface area contributed by atoms with Crippen molar-refractivity contribution in [1.82, 2.24) is 0 Å². The van der Waals surface area contributed by atoms with Crippen LogP contribution in [0.25, 0.3) is 0 Å². The monoisotopic (exact) mass is 337 g/mol. The summed E-state index contributed by atoms with van der Waals surface area (Å²) >= 11 is 0. The van der Waals surface area contributed by atoms with Crippen molar-refractivity contribution in [2.75, 3.05) is 0 Å². The molecule has 2 fully saturated rings. The molecular weight excluding hydrogens is 310 g/mol. The second-order valence-corrected chi connectivity index (χ2v) is 8.71. The van der Waals surface area contributed by atoms with Gasteiger partial charge in [0, 0.05) is 24.2 Å². The predicted molar refractivity (Wildman–Crippen MR) is 99.6 cm³/mol. The van der Waals surface area contributed by atoms with E-state index in [9.17, 15) is 4.79 Å². The van der Waals surface area contributed by atoms with Crippen molar-refractivity contribution in [3.05, 3.63) is 48.6 Å². The molecule has 132 valence electrons. The number of aliphatic imine (C=N–C) groups is 1. The van der Waals surface area contributed by atoms with E-state index in [2.05, 4.69) is 39.5 Å². The number of fused-ring (bicyclic) bond motifs is 5. The van der Waals surface area contributed by atoms with Crippen LogP contribution in [0.5, 0.6) is 0 Å². The first-order chi connectivity index (χ1) is 11.8. The molecule has 0 N–H and O–H groups in total. The van der Waals surface area contributed by atoms with Crippen LogP contribution in [-0.4, -0.2) is 23.3 Å². The summed E-state index contributed by atoms with van der Waals surface area (Å²) in [5.41, 5.74) is 1.50. The van der Waals surface area contributed by atoms with E-state index < -0.39 is 5.54 Å². The molecule has 2 bridgehead atoms. The molecule has 3 aliphatic rings. The largest absolute Gasteiger partial charge is 0.454 e. The van der Waals surface area contributed by atoms with Crippen LogP contribution in [0.2, 0.25) is 0 Å². The van der Waals surface area contributed by atoms with Gasteiger partial charge >= 0.3 is 5.97 Å². The van der Waals surface area contributed by atoms with Gasteiger partial charge in [-0.1, -0.05) is 57.2 Å². The maximum Gasteiger partial charge on any atom is 0.335 e. The first-order valence-corrected chi connectivity index (χ1v) is 9.30. The maximum atomic E-state index is 13.1. The Hall–Kier alpha value is -1.90. The summed E-state index contributed by atoms with van der Waals surface area (Å²) in [5.74, 6) is 0.204. The van der Waals surface area contributed by atoms with Crippen LogP contribution >= 0.6 is 0 Å². The van der Waals surface area contributed by atoms with Crippen LogP contribution in [-0.2, 0) is 16.0 Å². The number of nitrogens with zero attached hydrogens (tertiary/aromatic N) is 1. The van der Waals surface area contributed by atoms with Crippen LogP contribution in [0.15, 0.2) is 48.0 Å². The van der Waals surface area contributed by atoms with E-state index in [4.69, 9.17) is 9.73 Å². The number of carbonyl (C=O) groups is 1. The van der Waals surface area contributed by atoms with Crippen molar-refractivity contribution in [2.24, 2.45) is 21.7 Å². The van der Waals surface area contributed by atoms with Crippen molar-refractivity contribution in [1.29, 1.82) is 0 Å². The van der Waals surface area contributed by atoms with Gasteiger partial charge < -0.3 is 4.74 Å². The second kappa shape index (κ2) is 5.30. The number of ether oxygens (including phenoxy) is 1. The van der Waals surface area contributed by atoms with Gasteiger partial charge in [-0.2, -0.15) is 0 Å². The topological polar surface area (TPSA) is 38.7 Å². The number of rotatable bonds is 4. The molecule has 2 aliphatic carbocycles. The minimum absolute atomic E-state index is 0.0200. The van der Waals surface area contributed by atoms with Gasteiger partial charge in [0.15, 0.2) is 5.54 Å². The summed E-state index contributed by atoms with van der Waals surface area (Å²) in [5, 5.41) is 0. The average Bonchev–Trinajstić information content (AvgIpc) is 2.89. The van der Waals surface area contributed by atoms with E-state index in [1.54, 1.807) is 6.08 Å². The van der Waals surface area contributed by atoms with Crippen molar-refractivity contribution in [3.8, 4) is 0 Å². The third-order valence-electron chi connectivity index (χ3n) is 7.27. The third kappa shape index (κ3) is 2.11. The molecule has 0 saturated heterocycles. The molecule has 1 heterocycles. The van der Waals surface area contributed by atoms with Gasteiger partial charge in [0.05, 0.1) is 5.71 Å². The molecule has 0 amide bonds. The summed E-state index contributed by atoms with van der Waals surface area (Å²) in [7, 11) is 0. The van der Waals surface area contributed by atoms with E-state index in [1.165, 1.54) is 0 Å². The first-order valence-electron chi connectivity index (χ1n) is 9.30. The highest BCUT2D eigenvalue weighted by Gasteiger charge is 2.68. The number of benzene rings is 1. The smallest absolute Gasteiger partial charge is 0.335 e. The molecule has 4 rings (SSSR count). The Morgan fingerprint density at radius 2 is 2.00 bits per heavy atom. The Balaban J connectivity index is 1.81. The Bertz CT molecular complexity index is 751. The zero-order valence-corrected chi connectivity index (χ0v) is 15.4. The van der Waals surface area contributed by atoms with Crippen LogP contribution in [0, 0.1) is 16.7 Å². The summed E-state index contributed by atoms with van der Waals surface area (Å²) < 4.78 is 6.07. The average molecular weight is 337 g/mol. The minimum atomic E-state index is -0.863. The molecule has 0 radical (unpaired) electrons. The van der Waals surface area contributed by atoms with Gasteiger partial charge in [0.25, 0.3) is 0 Å². The molecule has 2 saturated carbocycles. The molecule has 0 aromatic heterocycles. The number of hydrogen-bond acceptors (Lipinski definition) is 3. The van der Waals surface area contributed by atoms with Crippen molar-refractivity contribution < 1.29 is 9.53 Å². The number of esters is 1. The van der Waals surface area contributed by atoms with E-state index in [0.29, 0.717) is 18.8 Å². The van der Waals surface area contributed by atoms with Crippen LogP contribution in [0.1, 0.15) is 45.6 Å². The Labute approximate surface area is 150 Å². The first kappa shape index (κ1) is 16.6. The van der Waals surface area contributed by atoms with Gasteiger partial charge in [-0.3, -0.25) is 4.99 Å². The number of hydrogen-bond donors (Lipinski definition) is 0. The third-order valence-corrected chi connectivity index (χ3v) is 7.27. The van der Waals surface area contributed by atoms with E-state index >= 15 is 0 Å². The highest BCUT2D eigenvalue weighted by Crippen LogP contribution is 2.65. The van der Waals surface area contributed by atoms with Crippen LogP contribution < -0.4 is 0 Å². The fraction of sp³-hybridized carbons (Fsp3) is 0.545. The summed E-state index contributed by atoms with van der Waals surface area (Å²) in [4.78, 5) is 18.2. The fourth-order valence-corrected chi connectivity index (χ4v) is 5.34. The molecular formula is C22H27NO2. The lowest BCUT2D eigenvalue weighted by Gasteiger charge is -2.40. The predicted octanol–water partition coefficient (Wildman–Crippen LogP) is 4.37. The molecule has 3 heteroatoms. The summed E-state index contributed by atoms with van der Waals surface area (Å²) in [6.45, 7) is 10.8. The minimum Gasteiger partial charge on any atom is -0.454 e. The van der Waals surface area contributed by atoms with Crippen LogP contribution in [0.4, 0.5) is 0 Å². The lowest BCUT2D eigenvalue weighted by Crippen LogP contribution is -2.52. The van der Waals surface area contributed by atoms with Gasteiger partial charge in [0.2, 0.25) is 0 Å². The Morgan fingerprint density at radius 3 is 2.68 bits per heavy atom. The van der Waals surface area contributed by atoms with E-state index in [0.717, 1.165) is 24.1 Å². The van der Waals surface area contributed by atoms with Crippen molar-refractivity contribution in [2.45, 2.75) is 58.1 Å². The summed E-state index contributed by atoms with van der Waals surface area (Å²) in [6, 6.07) is 10.1. The highest BCUT2D eigenvalue weighted by atomic mass is 16.6. The van der Waals surface area contributed by atoms with Gasteiger partial charge in [-0.25, -0.2) is 4.79 Å². The normalized spacial score (nSPS) is 38.0. The SMILES string of the molecule is C=CC[C@]1(Cc2ccccc2)N=C2[C@H](OC1=O)[C@H]1CC[C@]2(C)C1(C)C. The molecule has 25 heavy (non-hydrogen) atoms. The number of carbonyl (C=O) groups excluding carboxylic acids is 1. The summed E-state index contributed by atoms with van der Waals surface area (Å²) in [6.07, 6.45) is 5.00. The van der Waals surface area contributed by atoms with E-state index in [-0.39, 0.29) is 22.9 Å². The fourth-order valence-electron chi connectivity index (χ4n) is 5.34. The van der Waals surface area contributed by atoms with Crippen LogP contribution in [0.3, 0.4) is 0 Å². The molecule has 1 aliphatic heterocycles. The highest BCUT2D eigenvalue weighted by molar-refractivity contribution is 6.04. The molecule has 4 atom stereocenters. The lowest BCUT2D eigenvalue weighted by atomic mass is 9.70. The molecule has 0 unspecified atom stereocenters. The lowest BCUT2D eigenvalue weighted by molar-refractivity contribution is -0.156. The zero-order chi connectivity index (χ0) is 17.9. The van der Waals surface area contributed by atoms with Gasteiger partial charge in [-0.05, 0) is 23.8 Å². The second-order valence-electron chi connectivity index (χ2n) is 8.71. The standard InChI is InChI=1S/C22H27NO2/c1-5-12-22(14-15-9-7-6-8-10-15)19(24)25-17-16-11-13-21(4,18(17)23-22)20(16,2)3/h5-10,16-17H,1,11-14H2,2-4H3/t16-,17-,21+,22-/m1/s1. The van der Waals surface area contributed by atoms with Gasteiger partial charge in [-0.15, -0.1) is 6.58 Å². The quantitative estimate of drug-likeness (QED) is 0.604. The molecule has 0 spiro atoms. The van der Waals surface area contributed by atoms with E-state index in [1.807, 2.05) is 18.2 Å². The van der Waals surface area contributed by atoms with Crippen molar-refractivity contribution >= 4 is 11.7 Å². The molecule has 1 aromatic rings. The Morgan fingerprint density at radius 1 is 1.28 bits per heavy atom.